The number of Topliss-reactive ketones (excluding diaryl/α,β-unsaturated/α-hetero) is 1. The normalized spacial score (nSPS) is 10.4. The molecule has 0 amide bonds. The molecular formula is C22H27NO2. The van der Waals surface area contributed by atoms with Crippen LogP contribution in [0.1, 0.15) is 53.7 Å². The van der Waals surface area contributed by atoms with Crippen molar-refractivity contribution in [2.24, 2.45) is 0 Å². The molecule has 0 fully saturated rings. The van der Waals surface area contributed by atoms with Gasteiger partial charge in [0, 0.05) is 22.5 Å². The van der Waals surface area contributed by atoms with Crippen molar-refractivity contribution in [3.63, 3.8) is 0 Å². The van der Waals surface area contributed by atoms with Crippen LogP contribution in [0.2, 0.25) is 0 Å². The molecule has 0 aliphatic heterocycles. The van der Waals surface area contributed by atoms with Crippen molar-refractivity contribution < 1.29 is 9.53 Å². The van der Waals surface area contributed by atoms with Crippen LogP contribution in [0.25, 0.3) is 5.70 Å². The first-order chi connectivity index (χ1) is 12.0. The number of carbonyl (C=O) groups is 1. The van der Waals surface area contributed by atoms with Crippen molar-refractivity contribution in [2.75, 3.05) is 12.4 Å². The van der Waals surface area contributed by atoms with Crippen LogP contribution in [0, 0.1) is 6.92 Å². The van der Waals surface area contributed by atoms with Crippen LogP contribution in [0.4, 0.5) is 5.69 Å². The van der Waals surface area contributed by atoms with Gasteiger partial charge in [0.15, 0.2) is 5.78 Å². The van der Waals surface area contributed by atoms with E-state index >= 15 is 0 Å². The fourth-order valence-corrected chi connectivity index (χ4v) is 2.88. The van der Waals surface area contributed by atoms with Crippen LogP contribution in [0.15, 0.2) is 43.0 Å². The highest BCUT2D eigenvalue weighted by molar-refractivity contribution is 5.96. The molecule has 3 heteroatoms. The summed E-state index contributed by atoms with van der Waals surface area (Å²) in [5.74, 6) is 0.903. The smallest absolute Gasteiger partial charge is 0.160 e. The Balaban J connectivity index is 2.27. The van der Waals surface area contributed by atoms with E-state index in [2.05, 4.69) is 24.9 Å². The molecule has 25 heavy (non-hydrogen) atoms. The number of hydrogen-bond acceptors (Lipinski definition) is 3. The lowest BCUT2D eigenvalue weighted by Gasteiger charge is -2.16. The van der Waals surface area contributed by atoms with E-state index in [0.717, 1.165) is 58.7 Å². The summed E-state index contributed by atoms with van der Waals surface area (Å²) in [5.41, 5.74) is 5.66. The second-order valence-electron chi connectivity index (χ2n) is 6.34. The molecule has 0 aliphatic rings. The van der Waals surface area contributed by atoms with Crippen molar-refractivity contribution in [1.29, 1.82) is 0 Å². The number of ether oxygens (including phenoxy) is 1. The Labute approximate surface area is 150 Å². The first-order valence-electron chi connectivity index (χ1n) is 8.71. The van der Waals surface area contributed by atoms with E-state index in [-0.39, 0.29) is 5.78 Å². The van der Waals surface area contributed by atoms with Crippen LogP contribution in [0.3, 0.4) is 0 Å². The number of nitrogens with one attached hydrogen (secondary N) is 1. The van der Waals surface area contributed by atoms with Gasteiger partial charge >= 0.3 is 0 Å². The molecule has 0 atom stereocenters. The molecular weight excluding hydrogens is 310 g/mol. The lowest BCUT2D eigenvalue weighted by Crippen LogP contribution is -2.04. The zero-order valence-electron chi connectivity index (χ0n) is 15.6. The lowest BCUT2D eigenvalue weighted by atomic mass is 9.98. The molecule has 0 radical (unpaired) electrons. The topological polar surface area (TPSA) is 38.3 Å². The van der Waals surface area contributed by atoms with E-state index in [1.165, 1.54) is 0 Å². The molecule has 1 N–H and O–H groups in total. The standard InChI is InChI=1S/C22H27NO2/c1-6-7-8-18-14-19(10-12-21(18)17(4)24)23-16(3)20-11-9-15(2)13-22(20)25-5/h9-14,23H,3,6-8H2,1-2,4-5H3. The monoisotopic (exact) mass is 337 g/mol. The Morgan fingerprint density at radius 3 is 2.52 bits per heavy atom. The number of rotatable bonds is 8. The third-order valence-corrected chi connectivity index (χ3v) is 4.26. The van der Waals surface area contributed by atoms with Crippen LogP contribution in [-0.2, 0) is 6.42 Å². The Morgan fingerprint density at radius 2 is 1.88 bits per heavy atom. The van der Waals surface area contributed by atoms with Gasteiger partial charge in [0.25, 0.3) is 0 Å². The van der Waals surface area contributed by atoms with E-state index in [1.54, 1.807) is 14.0 Å². The van der Waals surface area contributed by atoms with E-state index in [9.17, 15) is 4.79 Å². The maximum atomic E-state index is 11.8. The first kappa shape index (κ1) is 18.8. The number of carbonyl (C=O) groups excluding carboxylic acids is 1. The van der Waals surface area contributed by atoms with Crippen LogP contribution in [-0.4, -0.2) is 12.9 Å². The molecule has 2 aromatic rings. The minimum Gasteiger partial charge on any atom is -0.496 e. The van der Waals surface area contributed by atoms with Gasteiger partial charge in [0.05, 0.1) is 7.11 Å². The molecule has 132 valence electrons. The quantitative estimate of drug-likeness (QED) is 0.634. The number of methoxy groups -OCH3 is 1. The summed E-state index contributed by atoms with van der Waals surface area (Å²) < 4.78 is 5.47. The van der Waals surface area contributed by atoms with Crippen LogP contribution >= 0.6 is 0 Å². The average molecular weight is 337 g/mol. The zero-order valence-corrected chi connectivity index (χ0v) is 15.6. The number of unbranched alkanes of at least 4 members (excludes halogenated alkanes) is 1. The second kappa shape index (κ2) is 8.52. The van der Waals surface area contributed by atoms with Gasteiger partial charge in [-0.2, -0.15) is 0 Å². The van der Waals surface area contributed by atoms with Gasteiger partial charge in [-0.05, 0) is 68.1 Å². The van der Waals surface area contributed by atoms with Crippen molar-refractivity contribution in [1.82, 2.24) is 0 Å². The fraction of sp³-hybridized carbons (Fsp3) is 0.318. The third-order valence-electron chi connectivity index (χ3n) is 4.26. The Hall–Kier alpha value is -2.55. The van der Waals surface area contributed by atoms with Crippen molar-refractivity contribution >= 4 is 17.2 Å². The maximum Gasteiger partial charge on any atom is 0.160 e. The van der Waals surface area contributed by atoms with Gasteiger partial charge in [-0.3, -0.25) is 4.79 Å². The molecule has 0 saturated carbocycles. The second-order valence-corrected chi connectivity index (χ2v) is 6.34. The minimum absolute atomic E-state index is 0.108. The van der Waals surface area contributed by atoms with Gasteiger partial charge in [-0.1, -0.05) is 26.0 Å². The van der Waals surface area contributed by atoms with Gasteiger partial charge in [0.2, 0.25) is 0 Å². The van der Waals surface area contributed by atoms with Crippen molar-refractivity contribution in [3.05, 3.63) is 65.2 Å². The summed E-state index contributed by atoms with van der Waals surface area (Å²) in [5, 5.41) is 3.35. The summed E-state index contributed by atoms with van der Waals surface area (Å²) in [7, 11) is 1.66. The zero-order chi connectivity index (χ0) is 18.4. The van der Waals surface area contributed by atoms with E-state index in [0.29, 0.717) is 0 Å². The highest BCUT2D eigenvalue weighted by Crippen LogP contribution is 2.28. The summed E-state index contributed by atoms with van der Waals surface area (Å²) in [4.78, 5) is 11.8. The highest BCUT2D eigenvalue weighted by Gasteiger charge is 2.11. The van der Waals surface area contributed by atoms with Gasteiger partial charge in [0.1, 0.15) is 5.75 Å². The molecule has 0 unspecified atom stereocenters. The summed E-state index contributed by atoms with van der Waals surface area (Å²) in [6.45, 7) is 9.95. The predicted octanol–water partition coefficient (Wildman–Crippen LogP) is 5.63. The molecule has 0 aromatic heterocycles. The minimum atomic E-state index is 0.108. The van der Waals surface area contributed by atoms with Gasteiger partial charge in [-0.15, -0.1) is 0 Å². The maximum absolute atomic E-state index is 11.8. The van der Waals surface area contributed by atoms with E-state index in [1.807, 2.05) is 37.3 Å². The number of anilines is 1. The molecule has 0 spiro atoms. The Bertz CT molecular complexity index is 778. The molecule has 0 heterocycles. The summed E-state index contributed by atoms with van der Waals surface area (Å²) in [6, 6.07) is 11.9. The average Bonchev–Trinajstić information content (AvgIpc) is 2.59. The summed E-state index contributed by atoms with van der Waals surface area (Å²) in [6.07, 6.45) is 3.07. The van der Waals surface area contributed by atoms with Crippen LogP contribution < -0.4 is 10.1 Å². The van der Waals surface area contributed by atoms with Crippen molar-refractivity contribution in [2.45, 2.75) is 40.0 Å². The Morgan fingerprint density at radius 1 is 1.16 bits per heavy atom. The number of aryl methyl sites for hydroxylation is 2. The van der Waals surface area contributed by atoms with Gasteiger partial charge in [-0.25, -0.2) is 0 Å². The number of benzene rings is 2. The van der Waals surface area contributed by atoms with Gasteiger partial charge < -0.3 is 10.1 Å². The van der Waals surface area contributed by atoms with Crippen molar-refractivity contribution in [3.8, 4) is 5.75 Å². The van der Waals surface area contributed by atoms with E-state index in [4.69, 9.17) is 4.74 Å². The number of ketones is 1. The lowest BCUT2D eigenvalue weighted by molar-refractivity contribution is 0.101. The fourth-order valence-electron chi connectivity index (χ4n) is 2.88. The third kappa shape index (κ3) is 4.72. The molecule has 0 saturated heterocycles. The highest BCUT2D eigenvalue weighted by atomic mass is 16.5. The van der Waals surface area contributed by atoms with E-state index < -0.39 is 0 Å². The predicted molar refractivity (Wildman–Crippen MR) is 105 cm³/mol. The Kier molecular flexibility index (Phi) is 6.40. The largest absolute Gasteiger partial charge is 0.496 e. The molecule has 2 aromatic carbocycles. The SMILES string of the molecule is C=C(Nc1ccc(C(C)=O)c(CCCC)c1)c1ccc(C)cc1OC. The molecule has 0 bridgehead atoms. The molecule has 0 aliphatic carbocycles. The van der Waals surface area contributed by atoms with Crippen LogP contribution in [0.5, 0.6) is 5.75 Å². The number of hydrogen-bond donors (Lipinski definition) is 1. The first-order valence-corrected chi connectivity index (χ1v) is 8.71. The summed E-state index contributed by atoms with van der Waals surface area (Å²) >= 11 is 0. The molecule has 2 rings (SSSR count). The molecule has 3 nitrogen and oxygen atoms in total.